The third-order valence-electron chi connectivity index (χ3n) is 4.75. The normalized spacial score (nSPS) is 15.3. The fourth-order valence-corrected chi connectivity index (χ4v) is 4.29. The molecule has 0 radical (unpaired) electrons. The smallest absolute Gasteiger partial charge is 0.348 e. The lowest BCUT2D eigenvalue weighted by molar-refractivity contribution is 0.589. The van der Waals surface area contributed by atoms with Crippen LogP contribution in [-0.2, 0) is 0 Å². The van der Waals surface area contributed by atoms with E-state index in [9.17, 15) is 4.79 Å². The van der Waals surface area contributed by atoms with Crippen LogP contribution in [0.15, 0.2) is 46.6 Å². The predicted molar refractivity (Wildman–Crippen MR) is 102 cm³/mol. The zero-order chi connectivity index (χ0) is 16.8. The maximum Gasteiger partial charge on any atom is 0.348 e. The Morgan fingerprint density at radius 1 is 1.12 bits per heavy atom. The summed E-state index contributed by atoms with van der Waals surface area (Å²) < 4.78 is 1.65. The quantitative estimate of drug-likeness (QED) is 0.582. The minimum atomic E-state index is -0.201. The lowest BCUT2D eigenvalue weighted by Gasteiger charge is -2.29. The SMILES string of the molecule is O=c1[nH]nc2cc(-c3cccs3)c3cc(N4CCNCC4)ccc3n12. The summed E-state index contributed by atoms with van der Waals surface area (Å²) in [4.78, 5) is 15.8. The van der Waals surface area contributed by atoms with E-state index in [0.29, 0.717) is 5.65 Å². The number of anilines is 1. The molecule has 0 bridgehead atoms. The first kappa shape index (κ1) is 14.7. The molecule has 25 heavy (non-hydrogen) atoms. The summed E-state index contributed by atoms with van der Waals surface area (Å²) >= 11 is 1.70. The van der Waals surface area contributed by atoms with Crippen molar-refractivity contribution in [2.24, 2.45) is 0 Å². The number of rotatable bonds is 2. The second kappa shape index (κ2) is 5.72. The van der Waals surface area contributed by atoms with E-state index < -0.39 is 0 Å². The number of piperazine rings is 1. The summed E-state index contributed by atoms with van der Waals surface area (Å²) in [7, 11) is 0. The number of fused-ring (bicyclic) bond motifs is 3. The number of thiophene rings is 1. The van der Waals surface area contributed by atoms with E-state index in [4.69, 9.17) is 0 Å². The Kier molecular flexibility index (Phi) is 3.36. The molecule has 1 aliphatic heterocycles. The van der Waals surface area contributed by atoms with E-state index in [1.165, 1.54) is 10.6 Å². The molecule has 6 nitrogen and oxygen atoms in total. The zero-order valence-corrected chi connectivity index (χ0v) is 14.3. The highest BCUT2D eigenvalue weighted by molar-refractivity contribution is 7.13. The van der Waals surface area contributed by atoms with Crippen LogP contribution in [0.4, 0.5) is 5.69 Å². The first-order valence-corrected chi connectivity index (χ1v) is 9.23. The van der Waals surface area contributed by atoms with Crippen LogP contribution in [0.2, 0.25) is 0 Å². The van der Waals surface area contributed by atoms with Crippen molar-refractivity contribution in [3.05, 3.63) is 52.3 Å². The Hall–Kier alpha value is -2.64. The number of aromatic nitrogens is 3. The van der Waals surface area contributed by atoms with Gasteiger partial charge in [0.25, 0.3) is 0 Å². The molecular formula is C18H17N5OS. The van der Waals surface area contributed by atoms with Gasteiger partial charge in [-0.05, 0) is 35.7 Å². The molecular weight excluding hydrogens is 334 g/mol. The highest BCUT2D eigenvalue weighted by Gasteiger charge is 2.16. The monoisotopic (exact) mass is 351 g/mol. The third kappa shape index (κ3) is 2.35. The molecule has 0 unspecified atom stereocenters. The second-order valence-corrected chi connectivity index (χ2v) is 7.14. The lowest BCUT2D eigenvalue weighted by atomic mass is 10.1. The van der Waals surface area contributed by atoms with Crippen molar-refractivity contribution in [1.82, 2.24) is 19.9 Å². The summed E-state index contributed by atoms with van der Waals surface area (Å²) in [5.74, 6) is 0. The van der Waals surface area contributed by atoms with Gasteiger partial charge in [-0.1, -0.05) is 6.07 Å². The van der Waals surface area contributed by atoms with Crippen molar-refractivity contribution in [3.8, 4) is 10.4 Å². The van der Waals surface area contributed by atoms with E-state index >= 15 is 0 Å². The van der Waals surface area contributed by atoms with Crippen LogP contribution < -0.4 is 15.9 Å². The summed E-state index contributed by atoms with van der Waals surface area (Å²) in [5, 5.41) is 13.3. The number of pyridine rings is 1. The number of hydrogen-bond acceptors (Lipinski definition) is 5. The summed E-state index contributed by atoms with van der Waals surface area (Å²) in [5.41, 5.74) is 3.65. The molecule has 2 N–H and O–H groups in total. The molecule has 1 aromatic carbocycles. The number of hydrogen-bond donors (Lipinski definition) is 2. The van der Waals surface area contributed by atoms with Crippen molar-refractivity contribution in [2.45, 2.75) is 0 Å². The average Bonchev–Trinajstić information content (AvgIpc) is 3.31. The molecule has 0 atom stereocenters. The maximum absolute atomic E-state index is 12.2. The predicted octanol–water partition coefficient (Wildman–Crippen LogP) is 2.31. The largest absolute Gasteiger partial charge is 0.369 e. The highest BCUT2D eigenvalue weighted by atomic mass is 32.1. The minimum absolute atomic E-state index is 0.201. The van der Waals surface area contributed by atoms with Crippen molar-refractivity contribution >= 4 is 33.6 Å². The van der Waals surface area contributed by atoms with Gasteiger partial charge >= 0.3 is 5.69 Å². The summed E-state index contributed by atoms with van der Waals surface area (Å²) in [6.07, 6.45) is 0. The van der Waals surface area contributed by atoms with E-state index in [1.807, 2.05) is 18.2 Å². The van der Waals surface area contributed by atoms with Crippen LogP contribution in [0.5, 0.6) is 0 Å². The van der Waals surface area contributed by atoms with Gasteiger partial charge in [-0.15, -0.1) is 11.3 Å². The van der Waals surface area contributed by atoms with Gasteiger partial charge in [0.05, 0.1) is 5.52 Å². The Labute approximate surface area is 147 Å². The standard InChI is InChI=1S/C18H17N5OS/c24-18-21-20-17-11-14(16-2-1-9-25-16)13-10-12(3-4-15(13)23(17)18)22-7-5-19-6-8-22/h1-4,9-11,19H,5-8H2,(H,21,24). The topological polar surface area (TPSA) is 65.4 Å². The molecule has 4 aromatic rings. The number of nitrogens with zero attached hydrogens (tertiary/aromatic N) is 3. The number of aromatic amines is 1. The highest BCUT2D eigenvalue weighted by Crippen LogP contribution is 2.34. The maximum atomic E-state index is 12.2. The van der Waals surface area contributed by atoms with E-state index in [-0.39, 0.29) is 5.69 Å². The number of H-pyrrole nitrogens is 1. The second-order valence-electron chi connectivity index (χ2n) is 6.20. The average molecular weight is 351 g/mol. The van der Waals surface area contributed by atoms with Crippen molar-refractivity contribution in [2.75, 3.05) is 31.1 Å². The molecule has 4 heterocycles. The fraction of sp³-hybridized carbons (Fsp3) is 0.222. The Balaban J connectivity index is 1.81. The molecule has 0 aliphatic carbocycles. The Morgan fingerprint density at radius 2 is 2.00 bits per heavy atom. The van der Waals surface area contributed by atoms with Crippen LogP contribution in [0.1, 0.15) is 0 Å². The first-order valence-electron chi connectivity index (χ1n) is 8.35. The minimum Gasteiger partial charge on any atom is -0.369 e. The number of benzene rings is 1. The van der Waals surface area contributed by atoms with Gasteiger partial charge in [0, 0.05) is 47.7 Å². The van der Waals surface area contributed by atoms with Gasteiger partial charge in [-0.2, -0.15) is 5.10 Å². The van der Waals surface area contributed by atoms with E-state index in [2.05, 4.69) is 44.0 Å². The van der Waals surface area contributed by atoms with Gasteiger partial charge in [0.15, 0.2) is 5.65 Å². The molecule has 0 amide bonds. The molecule has 126 valence electrons. The van der Waals surface area contributed by atoms with Gasteiger partial charge < -0.3 is 10.2 Å². The van der Waals surface area contributed by atoms with Crippen LogP contribution in [0.3, 0.4) is 0 Å². The van der Waals surface area contributed by atoms with Gasteiger partial charge in [0.2, 0.25) is 0 Å². The van der Waals surface area contributed by atoms with Gasteiger partial charge in [0.1, 0.15) is 0 Å². The third-order valence-corrected chi connectivity index (χ3v) is 5.65. The molecule has 3 aromatic heterocycles. The van der Waals surface area contributed by atoms with Crippen LogP contribution in [0.25, 0.3) is 27.0 Å². The van der Waals surface area contributed by atoms with Crippen molar-refractivity contribution in [1.29, 1.82) is 0 Å². The molecule has 5 rings (SSSR count). The van der Waals surface area contributed by atoms with Crippen molar-refractivity contribution < 1.29 is 0 Å². The molecule has 1 saturated heterocycles. The Bertz CT molecular complexity index is 1110. The lowest BCUT2D eigenvalue weighted by Crippen LogP contribution is -2.43. The molecule has 7 heteroatoms. The van der Waals surface area contributed by atoms with E-state index in [1.54, 1.807) is 15.7 Å². The molecule has 0 saturated carbocycles. The number of nitrogens with one attached hydrogen (secondary N) is 2. The van der Waals surface area contributed by atoms with Crippen LogP contribution in [-0.4, -0.2) is 40.8 Å². The zero-order valence-electron chi connectivity index (χ0n) is 13.5. The van der Waals surface area contributed by atoms with Crippen LogP contribution >= 0.6 is 11.3 Å². The fourth-order valence-electron chi connectivity index (χ4n) is 3.54. The Morgan fingerprint density at radius 3 is 2.80 bits per heavy atom. The summed E-state index contributed by atoms with van der Waals surface area (Å²) in [6.45, 7) is 3.98. The first-order chi connectivity index (χ1) is 12.3. The van der Waals surface area contributed by atoms with E-state index in [0.717, 1.165) is 42.6 Å². The van der Waals surface area contributed by atoms with Gasteiger partial charge in [-0.25, -0.2) is 14.3 Å². The van der Waals surface area contributed by atoms with Crippen LogP contribution in [0, 0.1) is 0 Å². The molecule has 1 aliphatic rings. The van der Waals surface area contributed by atoms with Gasteiger partial charge in [-0.3, -0.25) is 0 Å². The summed E-state index contributed by atoms with van der Waals surface area (Å²) in [6, 6.07) is 12.5. The molecule has 1 fully saturated rings. The molecule has 0 spiro atoms. The van der Waals surface area contributed by atoms with Crippen molar-refractivity contribution in [3.63, 3.8) is 0 Å².